The first-order valence-electron chi connectivity index (χ1n) is 8.53. The van der Waals surface area contributed by atoms with Crippen LogP contribution in [-0.4, -0.2) is 22.4 Å². The highest BCUT2D eigenvalue weighted by Gasteiger charge is 2.30. The Balaban J connectivity index is 2.21. The van der Waals surface area contributed by atoms with Gasteiger partial charge in [-0.2, -0.15) is 5.10 Å². The van der Waals surface area contributed by atoms with Crippen LogP contribution in [0.15, 0.2) is 6.07 Å². The summed E-state index contributed by atoms with van der Waals surface area (Å²) >= 11 is 0. The Hall–Kier alpha value is -1.32. The number of hydrogen-bond acceptors (Lipinski definition) is 3. The fraction of sp³-hybridized carbons (Fsp3) is 0.778. The van der Waals surface area contributed by atoms with Gasteiger partial charge in [-0.3, -0.25) is 9.48 Å². The summed E-state index contributed by atoms with van der Waals surface area (Å²) in [4.78, 5) is 10.5. The van der Waals surface area contributed by atoms with E-state index in [0.29, 0.717) is 18.3 Å². The Labute approximate surface area is 134 Å². The van der Waals surface area contributed by atoms with Gasteiger partial charge < -0.3 is 4.74 Å². The van der Waals surface area contributed by atoms with Crippen LogP contribution in [0.1, 0.15) is 77.6 Å². The van der Waals surface area contributed by atoms with Crippen LogP contribution in [0.25, 0.3) is 0 Å². The van der Waals surface area contributed by atoms with Crippen molar-refractivity contribution in [2.24, 2.45) is 5.92 Å². The lowest BCUT2D eigenvalue weighted by Crippen LogP contribution is -2.26. The molecule has 0 aliphatic heterocycles. The zero-order chi connectivity index (χ0) is 16.3. The van der Waals surface area contributed by atoms with Crippen LogP contribution >= 0.6 is 0 Å². The van der Waals surface area contributed by atoms with Crippen molar-refractivity contribution < 1.29 is 9.53 Å². The van der Waals surface area contributed by atoms with Gasteiger partial charge >= 0.3 is 0 Å². The smallest absolute Gasteiger partial charge is 0.293 e. The van der Waals surface area contributed by atoms with Crippen LogP contribution in [-0.2, 0) is 21.5 Å². The minimum Gasteiger partial charge on any atom is -0.465 e. The van der Waals surface area contributed by atoms with Crippen LogP contribution in [0.5, 0.6) is 0 Å². The van der Waals surface area contributed by atoms with Gasteiger partial charge in [0, 0.05) is 11.6 Å². The summed E-state index contributed by atoms with van der Waals surface area (Å²) in [5.74, 6) is 1.09. The molecule has 1 heterocycles. The summed E-state index contributed by atoms with van der Waals surface area (Å²) in [5, 5.41) is 4.92. The molecule has 0 aromatic carbocycles. The lowest BCUT2D eigenvalue weighted by molar-refractivity contribution is -0.133. The SMILES string of the molecule is CC[C@H](C)Cc1cc(C2CCC(OC=O)C2)nn1C(C)(C)C. The van der Waals surface area contributed by atoms with E-state index < -0.39 is 0 Å². The van der Waals surface area contributed by atoms with Crippen molar-refractivity contribution in [3.05, 3.63) is 17.5 Å². The maximum Gasteiger partial charge on any atom is 0.293 e. The van der Waals surface area contributed by atoms with E-state index in [4.69, 9.17) is 9.84 Å². The highest BCUT2D eigenvalue weighted by atomic mass is 16.5. The quantitative estimate of drug-likeness (QED) is 0.745. The van der Waals surface area contributed by atoms with E-state index in [0.717, 1.165) is 25.7 Å². The number of carbonyl (C=O) groups is 1. The van der Waals surface area contributed by atoms with Gasteiger partial charge in [-0.05, 0) is 58.4 Å². The van der Waals surface area contributed by atoms with Crippen molar-refractivity contribution in [3.63, 3.8) is 0 Å². The van der Waals surface area contributed by atoms with Gasteiger partial charge in [0.15, 0.2) is 0 Å². The standard InChI is InChI=1S/C18H30N2O2/c1-6-13(2)9-15-11-17(19-20(15)18(3,4)5)14-7-8-16(10-14)22-12-21/h11-14,16H,6-10H2,1-5H3/t13-,14?,16?/m0/s1. The Morgan fingerprint density at radius 2 is 2.18 bits per heavy atom. The summed E-state index contributed by atoms with van der Waals surface area (Å²) in [6, 6.07) is 2.28. The highest BCUT2D eigenvalue weighted by molar-refractivity contribution is 5.37. The Kier molecular flexibility index (Phi) is 5.30. The van der Waals surface area contributed by atoms with Gasteiger partial charge in [-0.15, -0.1) is 0 Å². The molecule has 2 rings (SSSR count). The van der Waals surface area contributed by atoms with E-state index in [1.54, 1.807) is 0 Å². The third kappa shape index (κ3) is 3.90. The average Bonchev–Trinajstić information content (AvgIpc) is 3.05. The molecule has 4 heteroatoms. The molecule has 0 spiro atoms. The van der Waals surface area contributed by atoms with Crippen LogP contribution in [0, 0.1) is 5.92 Å². The molecule has 0 saturated heterocycles. The summed E-state index contributed by atoms with van der Waals surface area (Å²) in [6.45, 7) is 11.7. The summed E-state index contributed by atoms with van der Waals surface area (Å²) in [5.41, 5.74) is 2.50. The number of carbonyl (C=O) groups excluding carboxylic acids is 1. The average molecular weight is 306 g/mol. The number of nitrogens with zero attached hydrogens (tertiary/aromatic N) is 2. The highest BCUT2D eigenvalue weighted by Crippen LogP contribution is 2.36. The molecule has 22 heavy (non-hydrogen) atoms. The molecular formula is C18H30N2O2. The van der Waals surface area contributed by atoms with Crippen LogP contribution in [0.3, 0.4) is 0 Å². The molecule has 1 aliphatic carbocycles. The van der Waals surface area contributed by atoms with E-state index in [9.17, 15) is 4.79 Å². The molecule has 3 atom stereocenters. The first kappa shape index (κ1) is 17.0. The predicted octanol–water partition coefficient (Wildman–Crippen LogP) is 4.04. The van der Waals surface area contributed by atoms with E-state index in [1.165, 1.54) is 17.8 Å². The number of rotatable bonds is 6. The van der Waals surface area contributed by atoms with Gasteiger partial charge in [-0.25, -0.2) is 0 Å². The molecule has 1 aromatic heterocycles. The predicted molar refractivity (Wildman–Crippen MR) is 87.9 cm³/mol. The first-order valence-corrected chi connectivity index (χ1v) is 8.53. The second kappa shape index (κ2) is 6.84. The van der Waals surface area contributed by atoms with Gasteiger partial charge in [0.05, 0.1) is 11.2 Å². The summed E-state index contributed by atoms with van der Waals surface area (Å²) in [6.07, 6.45) is 5.24. The molecular weight excluding hydrogens is 276 g/mol. The van der Waals surface area contributed by atoms with Crippen molar-refractivity contribution in [1.29, 1.82) is 0 Å². The van der Waals surface area contributed by atoms with Crippen LogP contribution in [0.2, 0.25) is 0 Å². The molecule has 2 unspecified atom stereocenters. The molecule has 0 bridgehead atoms. The monoisotopic (exact) mass is 306 g/mol. The molecule has 1 fully saturated rings. The number of ether oxygens (including phenoxy) is 1. The van der Waals surface area contributed by atoms with Crippen molar-refractivity contribution in [2.75, 3.05) is 0 Å². The Morgan fingerprint density at radius 1 is 1.45 bits per heavy atom. The molecule has 0 N–H and O–H groups in total. The first-order chi connectivity index (χ1) is 10.3. The number of aromatic nitrogens is 2. The molecule has 4 nitrogen and oxygen atoms in total. The molecule has 1 aromatic rings. The van der Waals surface area contributed by atoms with Crippen LogP contribution in [0.4, 0.5) is 0 Å². The van der Waals surface area contributed by atoms with E-state index in [-0.39, 0.29) is 11.6 Å². The normalized spacial score (nSPS) is 23.5. The van der Waals surface area contributed by atoms with Crippen molar-refractivity contribution in [3.8, 4) is 0 Å². The topological polar surface area (TPSA) is 44.1 Å². The van der Waals surface area contributed by atoms with E-state index >= 15 is 0 Å². The summed E-state index contributed by atoms with van der Waals surface area (Å²) in [7, 11) is 0. The van der Waals surface area contributed by atoms with Gasteiger partial charge in [0.25, 0.3) is 6.47 Å². The molecule has 0 amide bonds. The second-order valence-corrected chi connectivity index (χ2v) is 7.73. The molecule has 1 aliphatic rings. The zero-order valence-electron chi connectivity index (χ0n) is 14.6. The second-order valence-electron chi connectivity index (χ2n) is 7.73. The minimum atomic E-state index is -0.00164. The zero-order valence-corrected chi connectivity index (χ0v) is 14.6. The fourth-order valence-corrected chi connectivity index (χ4v) is 3.28. The lowest BCUT2D eigenvalue weighted by Gasteiger charge is -2.23. The molecule has 0 radical (unpaired) electrons. The summed E-state index contributed by atoms with van der Waals surface area (Å²) < 4.78 is 7.32. The Bertz CT molecular complexity index is 502. The van der Waals surface area contributed by atoms with E-state index in [2.05, 4.69) is 45.4 Å². The van der Waals surface area contributed by atoms with Crippen molar-refractivity contribution in [2.45, 2.75) is 84.3 Å². The Morgan fingerprint density at radius 3 is 2.77 bits per heavy atom. The van der Waals surface area contributed by atoms with Gasteiger partial charge in [0.2, 0.25) is 0 Å². The lowest BCUT2D eigenvalue weighted by atomic mass is 9.99. The van der Waals surface area contributed by atoms with Gasteiger partial charge in [0.1, 0.15) is 6.10 Å². The maximum atomic E-state index is 10.5. The van der Waals surface area contributed by atoms with Crippen molar-refractivity contribution in [1.82, 2.24) is 9.78 Å². The number of hydrogen-bond donors (Lipinski definition) is 0. The van der Waals surface area contributed by atoms with Gasteiger partial charge in [-0.1, -0.05) is 20.3 Å². The molecule has 124 valence electrons. The van der Waals surface area contributed by atoms with Crippen LogP contribution < -0.4 is 0 Å². The largest absolute Gasteiger partial charge is 0.465 e. The molecule has 1 saturated carbocycles. The third-order valence-corrected chi connectivity index (χ3v) is 4.74. The van der Waals surface area contributed by atoms with E-state index in [1.807, 2.05) is 0 Å². The maximum absolute atomic E-state index is 10.5. The van der Waals surface area contributed by atoms with Crippen molar-refractivity contribution >= 4 is 6.47 Å². The third-order valence-electron chi connectivity index (χ3n) is 4.74. The fourth-order valence-electron chi connectivity index (χ4n) is 3.28. The minimum absolute atomic E-state index is 0.00164.